The maximum absolute atomic E-state index is 13.6. The maximum Gasteiger partial charge on any atom is 0.325 e. The van der Waals surface area contributed by atoms with Gasteiger partial charge in [0.1, 0.15) is 12.4 Å². The van der Waals surface area contributed by atoms with Gasteiger partial charge < -0.3 is 14.2 Å². The molecule has 1 fully saturated rings. The Balaban J connectivity index is 1.69. The van der Waals surface area contributed by atoms with Crippen molar-refractivity contribution in [1.29, 1.82) is 0 Å². The highest BCUT2D eigenvalue weighted by Crippen LogP contribution is 2.19. The van der Waals surface area contributed by atoms with Gasteiger partial charge in [0.25, 0.3) is 5.91 Å². The Labute approximate surface area is 181 Å². The van der Waals surface area contributed by atoms with E-state index >= 15 is 0 Å². The minimum absolute atomic E-state index is 0.0489. The first kappa shape index (κ1) is 22.5. The number of esters is 1. The molecule has 0 unspecified atom stereocenters. The number of hydrogen-bond acceptors (Lipinski definition) is 6. The smallest absolute Gasteiger partial charge is 0.325 e. The molecule has 2 heterocycles. The molecule has 0 bridgehead atoms. The summed E-state index contributed by atoms with van der Waals surface area (Å²) in [4.78, 5) is 42.7. The van der Waals surface area contributed by atoms with Crippen LogP contribution in [0.5, 0.6) is 0 Å². The zero-order valence-electron chi connectivity index (χ0n) is 16.8. The van der Waals surface area contributed by atoms with E-state index in [1.807, 2.05) is 4.90 Å². The van der Waals surface area contributed by atoms with Gasteiger partial charge in [0.15, 0.2) is 4.80 Å². The lowest BCUT2D eigenvalue weighted by Gasteiger charge is -2.19. The quantitative estimate of drug-likeness (QED) is 0.628. The topological polar surface area (TPSA) is 81.0 Å². The second-order valence-corrected chi connectivity index (χ2v) is 8.95. The number of carbonyl (C=O) groups excluding carboxylic acids is 3. The summed E-state index contributed by atoms with van der Waals surface area (Å²) in [5.74, 6) is -0.969. The minimum atomic E-state index is -0.495. The number of aromatic nitrogens is 1. The number of benzene rings is 1. The van der Waals surface area contributed by atoms with Crippen LogP contribution in [0.4, 0.5) is 4.39 Å². The first-order valence-corrected chi connectivity index (χ1v) is 11.7. The summed E-state index contributed by atoms with van der Waals surface area (Å²) in [6.07, 6.45) is 4.35. The Morgan fingerprint density at radius 3 is 2.60 bits per heavy atom. The molecule has 0 spiro atoms. The van der Waals surface area contributed by atoms with Crippen LogP contribution in [0.25, 0.3) is 10.2 Å². The van der Waals surface area contributed by atoms with Gasteiger partial charge in [-0.15, -0.1) is 11.8 Å². The molecule has 1 aliphatic heterocycles. The fourth-order valence-corrected chi connectivity index (χ4v) is 5.02. The lowest BCUT2D eigenvalue weighted by molar-refractivity contribution is -0.141. The predicted molar refractivity (Wildman–Crippen MR) is 115 cm³/mol. The molecule has 10 heteroatoms. The van der Waals surface area contributed by atoms with E-state index in [9.17, 15) is 18.8 Å². The fourth-order valence-electron chi connectivity index (χ4n) is 3.25. The van der Waals surface area contributed by atoms with Crippen LogP contribution < -0.4 is 4.80 Å². The number of halogens is 1. The van der Waals surface area contributed by atoms with Gasteiger partial charge in [-0.3, -0.25) is 14.4 Å². The Kier molecular flexibility index (Phi) is 8.03. The number of methoxy groups -OCH3 is 1. The van der Waals surface area contributed by atoms with Crippen molar-refractivity contribution >= 4 is 51.1 Å². The first-order valence-electron chi connectivity index (χ1n) is 9.76. The number of fused-ring (bicyclic) bond motifs is 1. The van der Waals surface area contributed by atoms with E-state index in [1.54, 1.807) is 6.07 Å². The van der Waals surface area contributed by atoms with Crippen molar-refractivity contribution < 1.29 is 23.5 Å². The van der Waals surface area contributed by atoms with Crippen LogP contribution in [0, 0.1) is 5.82 Å². The molecule has 30 heavy (non-hydrogen) atoms. The van der Waals surface area contributed by atoms with Gasteiger partial charge in [-0.1, -0.05) is 24.2 Å². The van der Waals surface area contributed by atoms with Gasteiger partial charge in [0, 0.05) is 13.1 Å². The molecule has 1 aromatic carbocycles. The molecule has 1 aliphatic rings. The fraction of sp³-hybridized carbons (Fsp3) is 0.500. The highest BCUT2D eigenvalue weighted by atomic mass is 32.2. The van der Waals surface area contributed by atoms with Crippen molar-refractivity contribution in [3.05, 3.63) is 28.8 Å². The van der Waals surface area contributed by atoms with E-state index in [-0.39, 0.29) is 24.0 Å². The molecule has 162 valence electrons. The van der Waals surface area contributed by atoms with Gasteiger partial charge in [0.2, 0.25) is 5.91 Å². The predicted octanol–water partition coefficient (Wildman–Crippen LogP) is 2.58. The minimum Gasteiger partial charge on any atom is -0.468 e. The zero-order chi connectivity index (χ0) is 21.5. The largest absolute Gasteiger partial charge is 0.468 e. The number of thioether (sulfide) groups is 1. The van der Waals surface area contributed by atoms with Gasteiger partial charge in [-0.05, 0) is 31.0 Å². The third kappa shape index (κ3) is 5.91. The Morgan fingerprint density at radius 1 is 1.17 bits per heavy atom. The van der Waals surface area contributed by atoms with Crippen LogP contribution in [-0.2, 0) is 25.7 Å². The number of carbonyl (C=O) groups is 3. The lowest BCUT2D eigenvalue weighted by atomic mass is 10.2. The molecule has 0 radical (unpaired) electrons. The summed E-state index contributed by atoms with van der Waals surface area (Å²) in [7, 11) is 1.27. The van der Waals surface area contributed by atoms with Gasteiger partial charge in [-0.25, -0.2) is 4.39 Å². The molecule has 1 saturated heterocycles. The van der Waals surface area contributed by atoms with E-state index in [4.69, 9.17) is 4.74 Å². The summed E-state index contributed by atoms with van der Waals surface area (Å²) in [6.45, 7) is 1.43. The number of hydrogen-bond donors (Lipinski definition) is 0. The molecular formula is C20H24FN3O4S2. The molecule has 3 rings (SSSR count). The Bertz CT molecular complexity index is 994. The lowest BCUT2D eigenvalue weighted by Crippen LogP contribution is -2.33. The summed E-state index contributed by atoms with van der Waals surface area (Å²) in [5, 5.41) is 0. The number of amides is 2. The van der Waals surface area contributed by atoms with E-state index in [0.717, 1.165) is 50.1 Å². The normalized spacial score (nSPS) is 15.3. The molecule has 7 nitrogen and oxygen atoms in total. The molecule has 1 aromatic heterocycles. The van der Waals surface area contributed by atoms with Crippen molar-refractivity contribution in [2.45, 2.75) is 32.2 Å². The second-order valence-electron chi connectivity index (χ2n) is 6.95. The van der Waals surface area contributed by atoms with Crippen LogP contribution in [-0.4, -0.2) is 59.0 Å². The summed E-state index contributed by atoms with van der Waals surface area (Å²) >= 11 is 2.36. The van der Waals surface area contributed by atoms with Crippen molar-refractivity contribution in [2.75, 3.05) is 31.7 Å². The number of rotatable bonds is 6. The summed E-state index contributed by atoms with van der Waals surface area (Å²) in [5.41, 5.74) is 0.599. The highest BCUT2D eigenvalue weighted by Gasteiger charge is 2.16. The van der Waals surface area contributed by atoms with E-state index in [0.29, 0.717) is 15.0 Å². The second kappa shape index (κ2) is 10.7. The number of ether oxygens (including phenoxy) is 1. The monoisotopic (exact) mass is 453 g/mol. The highest BCUT2D eigenvalue weighted by molar-refractivity contribution is 8.00. The number of thiazole rings is 1. The molecule has 0 N–H and O–H groups in total. The van der Waals surface area contributed by atoms with Crippen molar-refractivity contribution in [3.8, 4) is 0 Å². The number of nitrogens with zero attached hydrogens (tertiary/aromatic N) is 3. The van der Waals surface area contributed by atoms with Crippen LogP contribution in [0.3, 0.4) is 0 Å². The van der Waals surface area contributed by atoms with E-state index in [1.165, 1.54) is 35.6 Å². The molecular weight excluding hydrogens is 429 g/mol. The van der Waals surface area contributed by atoms with Gasteiger partial charge in [-0.2, -0.15) is 4.99 Å². The molecule has 0 aliphatic carbocycles. The number of likely N-dealkylation sites (tertiary alicyclic amines) is 1. The first-order chi connectivity index (χ1) is 14.5. The Hall–Kier alpha value is -2.20. The van der Waals surface area contributed by atoms with Crippen molar-refractivity contribution in [1.82, 2.24) is 9.47 Å². The Morgan fingerprint density at radius 2 is 1.90 bits per heavy atom. The molecule has 2 aromatic rings. The van der Waals surface area contributed by atoms with Crippen LogP contribution in [0.1, 0.15) is 25.7 Å². The van der Waals surface area contributed by atoms with Crippen molar-refractivity contribution in [3.63, 3.8) is 0 Å². The third-order valence-electron chi connectivity index (χ3n) is 4.79. The summed E-state index contributed by atoms with van der Waals surface area (Å²) < 4.78 is 20.4. The average molecular weight is 454 g/mol. The molecule has 0 saturated carbocycles. The zero-order valence-corrected chi connectivity index (χ0v) is 18.4. The average Bonchev–Trinajstić information content (AvgIpc) is 2.89. The maximum atomic E-state index is 13.6. The summed E-state index contributed by atoms with van der Waals surface area (Å²) in [6, 6.07) is 4.17. The molecule has 2 amide bonds. The third-order valence-corrected chi connectivity index (χ3v) is 6.73. The van der Waals surface area contributed by atoms with Gasteiger partial charge in [0.05, 0.1) is 28.8 Å². The van der Waals surface area contributed by atoms with Crippen LogP contribution in [0.15, 0.2) is 23.2 Å². The standard InChI is InChI=1S/C20H24FN3O4S2/c1-28-19(27)11-24-15-7-6-14(21)10-16(15)30-20(24)22-17(25)12-29-13-18(26)23-8-4-2-3-5-9-23/h6-7,10H,2-5,8-9,11-13H2,1H3. The van der Waals surface area contributed by atoms with E-state index < -0.39 is 17.7 Å². The van der Waals surface area contributed by atoms with Crippen LogP contribution in [0.2, 0.25) is 0 Å². The SMILES string of the molecule is COC(=O)Cn1c(=NC(=O)CSCC(=O)N2CCCCCC2)sc2cc(F)ccc21. The molecule has 0 atom stereocenters. The van der Waals surface area contributed by atoms with Crippen LogP contribution >= 0.6 is 23.1 Å². The van der Waals surface area contributed by atoms with Crippen molar-refractivity contribution in [2.24, 2.45) is 4.99 Å². The van der Waals surface area contributed by atoms with Gasteiger partial charge >= 0.3 is 5.97 Å². The van der Waals surface area contributed by atoms with E-state index in [2.05, 4.69) is 4.99 Å².